The minimum Gasteiger partial charge on any atom is -0.348 e. The highest BCUT2D eigenvalue weighted by atomic mass is 15.0. The first-order valence-electron chi connectivity index (χ1n) is 6.49. The van der Waals surface area contributed by atoms with E-state index in [0.29, 0.717) is 5.92 Å². The second kappa shape index (κ2) is 6.36. The molecule has 0 spiro atoms. The maximum absolute atomic E-state index is 4.33. The summed E-state index contributed by atoms with van der Waals surface area (Å²) in [5.74, 6) is 0.695. The van der Waals surface area contributed by atoms with Crippen LogP contribution in [0.4, 0.5) is 0 Å². The smallest absolute Gasteiger partial charge is 0.0642 e. The first kappa shape index (κ1) is 12.8. The number of nitrogens with zero attached hydrogens (tertiary/aromatic N) is 2. The SMILES string of the molecule is CC(C)CNCc1ccn(Cc2ccccn2)c1. The second-order valence-corrected chi connectivity index (χ2v) is 5.04. The van der Waals surface area contributed by atoms with Crippen LogP contribution in [0.5, 0.6) is 0 Å². The van der Waals surface area contributed by atoms with Crippen molar-refractivity contribution in [3.8, 4) is 0 Å². The summed E-state index contributed by atoms with van der Waals surface area (Å²) in [6.07, 6.45) is 6.13. The molecule has 0 saturated heterocycles. The van der Waals surface area contributed by atoms with Crippen LogP contribution in [-0.2, 0) is 13.1 Å². The summed E-state index contributed by atoms with van der Waals surface area (Å²) >= 11 is 0. The Bertz CT molecular complexity index is 460. The third-order valence-corrected chi connectivity index (χ3v) is 2.76. The standard InChI is InChI=1S/C15H21N3/c1-13(2)9-16-10-14-6-8-18(11-14)12-15-5-3-4-7-17-15/h3-8,11,13,16H,9-10,12H2,1-2H3. The largest absolute Gasteiger partial charge is 0.348 e. The van der Waals surface area contributed by atoms with Crippen LogP contribution in [0.2, 0.25) is 0 Å². The van der Waals surface area contributed by atoms with Gasteiger partial charge in [-0.25, -0.2) is 0 Å². The predicted octanol–water partition coefficient (Wildman–Crippen LogP) is 2.68. The monoisotopic (exact) mass is 243 g/mol. The van der Waals surface area contributed by atoms with Crippen molar-refractivity contribution in [2.75, 3.05) is 6.54 Å². The fourth-order valence-corrected chi connectivity index (χ4v) is 1.88. The first-order chi connectivity index (χ1) is 8.74. The summed E-state index contributed by atoms with van der Waals surface area (Å²) in [5, 5.41) is 3.45. The fraction of sp³-hybridized carbons (Fsp3) is 0.400. The van der Waals surface area contributed by atoms with Gasteiger partial charge < -0.3 is 9.88 Å². The minimum absolute atomic E-state index is 0.695. The lowest BCUT2D eigenvalue weighted by atomic mass is 10.2. The Morgan fingerprint density at radius 1 is 1.28 bits per heavy atom. The van der Waals surface area contributed by atoms with Crippen molar-refractivity contribution in [3.63, 3.8) is 0 Å². The Balaban J connectivity index is 1.86. The highest BCUT2D eigenvalue weighted by Crippen LogP contribution is 2.04. The van der Waals surface area contributed by atoms with E-state index >= 15 is 0 Å². The van der Waals surface area contributed by atoms with Crippen molar-refractivity contribution in [2.24, 2.45) is 5.92 Å². The summed E-state index contributed by atoms with van der Waals surface area (Å²) in [6, 6.07) is 8.18. The van der Waals surface area contributed by atoms with E-state index in [1.165, 1.54) is 5.56 Å². The van der Waals surface area contributed by atoms with Crippen molar-refractivity contribution in [1.29, 1.82) is 0 Å². The molecule has 0 radical (unpaired) electrons. The second-order valence-electron chi connectivity index (χ2n) is 5.04. The quantitative estimate of drug-likeness (QED) is 0.845. The van der Waals surface area contributed by atoms with Gasteiger partial charge in [0, 0.05) is 25.1 Å². The van der Waals surface area contributed by atoms with Crippen molar-refractivity contribution >= 4 is 0 Å². The molecular weight excluding hydrogens is 222 g/mol. The van der Waals surface area contributed by atoms with Crippen LogP contribution in [0.1, 0.15) is 25.1 Å². The molecule has 3 nitrogen and oxygen atoms in total. The van der Waals surface area contributed by atoms with Crippen LogP contribution in [0.3, 0.4) is 0 Å². The Kier molecular flexibility index (Phi) is 4.53. The van der Waals surface area contributed by atoms with Gasteiger partial charge in [0.1, 0.15) is 0 Å². The van der Waals surface area contributed by atoms with E-state index in [4.69, 9.17) is 0 Å². The maximum Gasteiger partial charge on any atom is 0.0642 e. The summed E-state index contributed by atoms with van der Waals surface area (Å²) in [7, 11) is 0. The van der Waals surface area contributed by atoms with Crippen LogP contribution in [0, 0.1) is 5.92 Å². The molecule has 0 atom stereocenters. The number of pyridine rings is 1. The Morgan fingerprint density at radius 3 is 2.89 bits per heavy atom. The molecule has 0 bridgehead atoms. The molecule has 0 aliphatic rings. The molecule has 1 N–H and O–H groups in total. The predicted molar refractivity (Wildman–Crippen MR) is 74.3 cm³/mol. The zero-order valence-corrected chi connectivity index (χ0v) is 11.1. The van der Waals surface area contributed by atoms with Crippen LogP contribution in [0.15, 0.2) is 42.9 Å². The van der Waals surface area contributed by atoms with Gasteiger partial charge >= 0.3 is 0 Å². The van der Waals surface area contributed by atoms with Crippen molar-refractivity contribution < 1.29 is 0 Å². The molecule has 2 heterocycles. The van der Waals surface area contributed by atoms with E-state index in [1.54, 1.807) is 0 Å². The Morgan fingerprint density at radius 2 is 2.17 bits per heavy atom. The third kappa shape index (κ3) is 4.00. The van der Waals surface area contributed by atoms with Crippen LogP contribution < -0.4 is 5.32 Å². The van der Waals surface area contributed by atoms with Gasteiger partial charge in [0.25, 0.3) is 0 Å². The molecule has 0 aliphatic heterocycles. The van der Waals surface area contributed by atoms with E-state index in [9.17, 15) is 0 Å². The lowest BCUT2D eigenvalue weighted by molar-refractivity contribution is 0.552. The van der Waals surface area contributed by atoms with Crippen molar-refractivity contribution in [2.45, 2.75) is 26.9 Å². The Hall–Kier alpha value is -1.61. The Labute approximate surface area is 109 Å². The average Bonchev–Trinajstić information content (AvgIpc) is 2.78. The van der Waals surface area contributed by atoms with E-state index in [2.05, 4.69) is 53.2 Å². The van der Waals surface area contributed by atoms with Gasteiger partial charge in [0.15, 0.2) is 0 Å². The highest BCUT2D eigenvalue weighted by Gasteiger charge is 1.99. The lowest BCUT2D eigenvalue weighted by Gasteiger charge is -2.05. The van der Waals surface area contributed by atoms with Crippen LogP contribution >= 0.6 is 0 Å². The van der Waals surface area contributed by atoms with Gasteiger partial charge in [-0.2, -0.15) is 0 Å². The average molecular weight is 243 g/mol. The van der Waals surface area contributed by atoms with Gasteiger partial charge in [-0.3, -0.25) is 4.98 Å². The fourth-order valence-electron chi connectivity index (χ4n) is 1.88. The summed E-state index contributed by atoms with van der Waals surface area (Å²) in [6.45, 7) is 7.28. The molecule has 18 heavy (non-hydrogen) atoms. The summed E-state index contributed by atoms with van der Waals surface area (Å²) in [4.78, 5) is 4.33. The molecule has 0 aromatic carbocycles. The topological polar surface area (TPSA) is 29.9 Å². The molecular formula is C15H21N3. The first-order valence-corrected chi connectivity index (χ1v) is 6.49. The molecule has 2 aromatic heterocycles. The van der Waals surface area contributed by atoms with E-state index in [-0.39, 0.29) is 0 Å². The van der Waals surface area contributed by atoms with E-state index in [0.717, 1.165) is 25.3 Å². The van der Waals surface area contributed by atoms with Gasteiger partial charge in [0.2, 0.25) is 0 Å². The minimum atomic E-state index is 0.695. The zero-order valence-electron chi connectivity index (χ0n) is 11.1. The number of hydrogen-bond acceptors (Lipinski definition) is 2. The molecule has 0 unspecified atom stereocenters. The molecule has 2 aromatic rings. The zero-order chi connectivity index (χ0) is 12.8. The van der Waals surface area contributed by atoms with Crippen LogP contribution in [-0.4, -0.2) is 16.1 Å². The molecule has 3 heteroatoms. The molecule has 0 fully saturated rings. The van der Waals surface area contributed by atoms with Gasteiger partial charge in [0.05, 0.1) is 12.2 Å². The number of rotatable bonds is 6. The van der Waals surface area contributed by atoms with Crippen molar-refractivity contribution in [3.05, 3.63) is 54.1 Å². The van der Waals surface area contributed by atoms with E-state index in [1.807, 2.05) is 18.3 Å². The lowest BCUT2D eigenvalue weighted by Crippen LogP contribution is -2.18. The number of hydrogen-bond donors (Lipinski definition) is 1. The molecule has 96 valence electrons. The summed E-state index contributed by atoms with van der Waals surface area (Å²) in [5.41, 5.74) is 2.42. The number of aromatic nitrogens is 2. The molecule has 0 aliphatic carbocycles. The van der Waals surface area contributed by atoms with Gasteiger partial charge in [-0.1, -0.05) is 19.9 Å². The highest BCUT2D eigenvalue weighted by molar-refractivity contribution is 5.12. The molecule has 2 rings (SSSR count). The number of nitrogens with one attached hydrogen (secondary N) is 1. The third-order valence-electron chi connectivity index (χ3n) is 2.76. The maximum atomic E-state index is 4.33. The van der Waals surface area contributed by atoms with Gasteiger partial charge in [-0.15, -0.1) is 0 Å². The molecule has 0 amide bonds. The molecule has 0 saturated carbocycles. The normalized spacial score (nSPS) is 11.1. The van der Waals surface area contributed by atoms with E-state index < -0.39 is 0 Å². The van der Waals surface area contributed by atoms with Crippen molar-refractivity contribution in [1.82, 2.24) is 14.9 Å². The van der Waals surface area contributed by atoms with Crippen LogP contribution in [0.25, 0.3) is 0 Å². The van der Waals surface area contributed by atoms with Gasteiger partial charge in [-0.05, 0) is 36.2 Å². The summed E-state index contributed by atoms with van der Waals surface area (Å²) < 4.78 is 2.18.